The third-order valence-corrected chi connectivity index (χ3v) is 6.98. The normalized spacial score (nSPS) is 14.2. The van der Waals surface area contributed by atoms with Crippen LogP contribution in [0.2, 0.25) is 0 Å². The molecule has 1 amide bonds. The number of amides is 1. The fourth-order valence-electron chi connectivity index (χ4n) is 4.10. The Balaban J connectivity index is 1.65. The molecule has 0 spiro atoms. The number of anilines is 1. The van der Waals surface area contributed by atoms with E-state index in [4.69, 9.17) is 4.74 Å². The second-order valence-electron chi connectivity index (χ2n) is 8.39. The van der Waals surface area contributed by atoms with Gasteiger partial charge in [-0.1, -0.05) is 30.3 Å². The monoisotopic (exact) mass is 542 g/mol. The minimum Gasteiger partial charge on any atom is -0.465 e. The smallest absolute Gasteiger partial charge is 0.416 e. The van der Waals surface area contributed by atoms with E-state index in [9.17, 15) is 35.9 Å². The summed E-state index contributed by atoms with van der Waals surface area (Å²) in [5, 5.41) is 2.36. The van der Waals surface area contributed by atoms with E-state index in [2.05, 4.69) is 10.2 Å². The Hall–Kier alpha value is -3.38. The molecule has 196 valence electrons. The maximum absolute atomic E-state index is 13.2. The molecule has 5 nitrogen and oxygen atoms in total. The minimum absolute atomic E-state index is 0.00869. The SMILES string of the molecule is COC(=O)c1c(NC(=O)c2cc(C(F)(F)F)cc(C(F)(F)F)c2)sc2c1CCN(Cc1ccccc1)C2. The van der Waals surface area contributed by atoms with Gasteiger partial charge in [0.05, 0.1) is 23.8 Å². The van der Waals surface area contributed by atoms with Crippen molar-refractivity contribution in [2.24, 2.45) is 0 Å². The molecule has 2 heterocycles. The molecule has 37 heavy (non-hydrogen) atoms. The number of rotatable bonds is 5. The van der Waals surface area contributed by atoms with E-state index in [1.54, 1.807) is 0 Å². The Morgan fingerprint density at radius 2 is 1.62 bits per heavy atom. The van der Waals surface area contributed by atoms with Crippen molar-refractivity contribution in [3.05, 3.63) is 86.8 Å². The number of benzene rings is 2. The number of carbonyl (C=O) groups excluding carboxylic acids is 2. The fraction of sp³-hybridized carbons (Fsp3) is 0.280. The second-order valence-corrected chi connectivity index (χ2v) is 9.50. The molecule has 1 N–H and O–H groups in total. The molecule has 0 radical (unpaired) electrons. The topological polar surface area (TPSA) is 58.6 Å². The van der Waals surface area contributed by atoms with Gasteiger partial charge in [0.1, 0.15) is 5.00 Å². The second kappa shape index (κ2) is 10.2. The quantitative estimate of drug-likeness (QED) is 0.300. The van der Waals surface area contributed by atoms with Crippen molar-refractivity contribution in [2.45, 2.75) is 31.9 Å². The number of thiophene rings is 1. The number of hydrogen-bond donors (Lipinski definition) is 1. The van der Waals surface area contributed by atoms with Gasteiger partial charge in [-0.25, -0.2) is 4.79 Å². The minimum atomic E-state index is -5.10. The first-order chi connectivity index (χ1) is 17.4. The number of esters is 1. The predicted octanol–water partition coefficient (Wildman–Crippen LogP) is 6.38. The number of fused-ring (bicyclic) bond motifs is 1. The van der Waals surface area contributed by atoms with Crippen LogP contribution in [0.1, 0.15) is 47.8 Å². The maximum atomic E-state index is 13.2. The molecule has 0 aliphatic carbocycles. The lowest BCUT2D eigenvalue weighted by Gasteiger charge is -2.27. The number of alkyl halides is 6. The predicted molar refractivity (Wildman–Crippen MR) is 124 cm³/mol. The number of carbonyl (C=O) groups is 2. The molecule has 0 saturated carbocycles. The van der Waals surface area contributed by atoms with Crippen LogP contribution >= 0.6 is 11.3 Å². The molecule has 1 aromatic heterocycles. The van der Waals surface area contributed by atoms with Crippen LogP contribution in [0.5, 0.6) is 0 Å². The van der Waals surface area contributed by atoms with E-state index >= 15 is 0 Å². The van der Waals surface area contributed by atoms with Crippen molar-refractivity contribution >= 4 is 28.2 Å². The van der Waals surface area contributed by atoms with Gasteiger partial charge in [-0.3, -0.25) is 9.69 Å². The Morgan fingerprint density at radius 3 is 2.19 bits per heavy atom. The molecule has 0 atom stereocenters. The van der Waals surface area contributed by atoms with Crippen LogP contribution in [0.4, 0.5) is 31.3 Å². The van der Waals surface area contributed by atoms with Gasteiger partial charge < -0.3 is 10.1 Å². The van der Waals surface area contributed by atoms with Crippen molar-refractivity contribution in [1.29, 1.82) is 0 Å². The highest BCUT2D eigenvalue weighted by Gasteiger charge is 2.38. The molecule has 1 aliphatic rings. The molecule has 0 bridgehead atoms. The van der Waals surface area contributed by atoms with E-state index in [-0.39, 0.29) is 16.6 Å². The Morgan fingerprint density at radius 1 is 1.00 bits per heavy atom. The molecule has 0 fully saturated rings. The van der Waals surface area contributed by atoms with E-state index in [1.165, 1.54) is 0 Å². The molecule has 0 saturated heterocycles. The number of nitrogens with zero attached hydrogens (tertiary/aromatic N) is 1. The third-order valence-electron chi connectivity index (χ3n) is 5.85. The summed E-state index contributed by atoms with van der Waals surface area (Å²) in [4.78, 5) is 28.3. The van der Waals surface area contributed by atoms with Gasteiger partial charge in [0.2, 0.25) is 0 Å². The summed E-state index contributed by atoms with van der Waals surface area (Å²) in [5.41, 5.74) is -2.29. The highest BCUT2D eigenvalue weighted by atomic mass is 32.1. The fourth-order valence-corrected chi connectivity index (χ4v) is 5.37. The molecule has 3 aromatic rings. The summed E-state index contributed by atoms with van der Waals surface area (Å²) in [6.07, 6.45) is -9.75. The van der Waals surface area contributed by atoms with Gasteiger partial charge in [-0.15, -0.1) is 11.3 Å². The number of methoxy groups -OCH3 is 1. The molecule has 1 aliphatic heterocycles. The standard InChI is InChI=1S/C25H20F6N2O3S/c1-36-23(35)20-18-7-8-33(12-14-5-3-2-4-6-14)13-19(18)37-22(20)32-21(34)15-9-16(24(26,27)28)11-17(10-15)25(29,30)31/h2-6,9-11H,7-8,12-13H2,1H3,(H,32,34). The largest absolute Gasteiger partial charge is 0.465 e. The van der Waals surface area contributed by atoms with Crippen LogP contribution in [0.25, 0.3) is 0 Å². The average molecular weight is 543 g/mol. The van der Waals surface area contributed by atoms with Crippen LogP contribution in [0, 0.1) is 0 Å². The summed E-state index contributed by atoms with van der Waals surface area (Å²) in [6, 6.07) is 10.3. The lowest BCUT2D eigenvalue weighted by atomic mass is 10.0. The number of ether oxygens (including phenoxy) is 1. The summed E-state index contributed by atoms with van der Waals surface area (Å²) in [5.74, 6) is -1.97. The molecular weight excluding hydrogens is 522 g/mol. The highest BCUT2D eigenvalue weighted by Crippen LogP contribution is 2.39. The molecule has 0 unspecified atom stereocenters. The Labute approximate surface area is 211 Å². The van der Waals surface area contributed by atoms with E-state index in [0.717, 1.165) is 28.9 Å². The summed E-state index contributed by atoms with van der Waals surface area (Å²) < 4.78 is 84.2. The Bertz CT molecular complexity index is 1290. The molecule has 12 heteroatoms. The van der Waals surface area contributed by atoms with E-state index in [0.29, 0.717) is 43.8 Å². The Kier molecular flexibility index (Phi) is 7.33. The van der Waals surface area contributed by atoms with Crippen molar-refractivity contribution in [3.63, 3.8) is 0 Å². The molecule has 2 aromatic carbocycles. The average Bonchev–Trinajstić information content (AvgIpc) is 3.19. The van der Waals surface area contributed by atoms with Gasteiger partial charge in [-0.05, 0) is 35.7 Å². The lowest BCUT2D eigenvalue weighted by molar-refractivity contribution is -0.143. The first-order valence-corrected chi connectivity index (χ1v) is 11.8. The van der Waals surface area contributed by atoms with Crippen LogP contribution in [-0.4, -0.2) is 30.4 Å². The summed E-state index contributed by atoms with van der Waals surface area (Å²) in [6.45, 7) is 1.67. The van der Waals surface area contributed by atoms with Gasteiger partial charge in [0.25, 0.3) is 5.91 Å². The van der Waals surface area contributed by atoms with Crippen LogP contribution in [-0.2, 0) is 36.6 Å². The van der Waals surface area contributed by atoms with E-state index in [1.807, 2.05) is 30.3 Å². The number of nitrogens with one attached hydrogen (secondary N) is 1. The third kappa shape index (κ3) is 5.96. The zero-order valence-electron chi connectivity index (χ0n) is 19.3. The summed E-state index contributed by atoms with van der Waals surface area (Å²) in [7, 11) is 1.14. The van der Waals surface area contributed by atoms with Gasteiger partial charge in [-0.2, -0.15) is 26.3 Å². The molecular formula is C25H20F6N2O3S. The zero-order valence-corrected chi connectivity index (χ0v) is 20.1. The van der Waals surface area contributed by atoms with Crippen LogP contribution in [0.15, 0.2) is 48.5 Å². The van der Waals surface area contributed by atoms with Crippen molar-refractivity contribution in [2.75, 3.05) is 19.0 Å². The first kappa shape index (κ1) is 26.7. The van der Waals surface area contributed by atoms with Crippen molar-refractivity contribution < 1.29 is 40.7 Å². The number of hydrogen-bond acceptors (Lipinski definition) is 5. The highest BCUT2D eigenvalue weighted by molar-refractivity contribution is 7.17. The zero-order chi connectivity index (χ0) is 27.0. The maximum Gasteiger partial charge on any atom is 0.416 e. The molecule has 4 rings (SSSR count). The lowest BCUT2D eigenvalue weighted by Crippen LogP contribution is -2.29. The van der Waals surface area contributed by atoms with Gasteiger partial charge in [0.15, 0.2) is 0 Å². The summed E-state index contributed by atoms with van der Waals surface area (Å²) >= 11 is 1.04. The van der Waals surface area contributed by atoms with Gasteiger partial charge in [0, 0.05) is 30.1 Å². The van der Waals surface area contributed by atoms with Crippen LogP contribution in [0.3, 0.4) is 0 Å². The van der Waals surface area contributed by atoms with Crippen molar-refractivity contribution in [1.82, 2.24) is 4.90 Å². The number of halogens is 6. The van der Waals surface area contributed by atoms with Gasteiger partial charge >= 0.3 is 18.3 Å². The van der Waals surface area contributed by atoms with E-state index < -0.39 is 40.9 Å². The van der Waals surface area contributed by atoms with Crippen molar-refractivity contribution in [3.8, 4) is 0 Å². The first-order valence-electron chi connectivity index (χ1n) is 11.0. The van der Waals surface area contributed by atoms with Crippen LogP contribution < -0.4 is 5.32 Å².